The average Bonchev–Trinajstić information content (AvgIpc) is 2.39. The summed E-state index contributed by atoms with van der Waals surface area (Å²) in [6.07, 6.45) is 7.12. The fourth-order valence-electron chi connectivity index (χ4n) is 2.36. The van der Waals surface area contributed by atoms with Gasteiger partial charge in [-0.05, 0) is 36.8 Å². The van der Waals surface area contributed by atoms with Crippen LogP contribution in [-0.4, -0.2) is 11.5 Å². The van der Waals surface area contributed by atoms with Crippen LogP contribution in [0.15, 0.2) is 18.3 Å². The van der Waals surface area contributed by atoms with Crippen LogP contribution < -0.4 is 5.32 Å². The number of hydrogen-bond donors (Lipinski definition) is 1. The predicted molar refractivity (Wildman–Crippen MR) is 68.6 cm³/mol. The topological polar surface area (TPSA) is 48.7 Å². The van der Waals surface area contributed by atoms with Crippen LogP contribution >= 0.6 is 0 Å². The van der Waals surface area contributed by atoms with E-state index in [1.54, 1.807) is 12.3 Å². The lowest BCUT2D eigenvalue weighted by molar-refractivity contribution is 0.300. The molecule has 0 aromatic carbocycles. The van der Waals surface area contributed by atoms with Crippen LogP contribution in [0.2, 0.25) is 0 Å². The summed E-state index contributed by atoms with van der Waals surface area (Å²) in [6, 6.07) is 5.71. The number of nitriles is 1. The Labute approximate surface area is 103 Å². The van der Waals surface area contributed by atoms with E-state index in [-0.39, 0.29) is 0 Å². The maximum absolute atomic E-state index is 8.65. The molecule has 3 heteroatoms. The van der Waals surface area contributed by atoms with Crippen molar-refractivity contribution in [3.8, 4) is 6.07 Å². The lowest BCUT2D eigenvalue weighted by Crippen LogP contribution is -2.20. The van der Waals surface area contributed by atoms with Crippen molar-refractivity contribution in [2.45, 2.75) is 32.6 Å². The number of nitrogens with zero attached hydrogens (tertiary/aromatic N) is 2. The minimum Gasteiger partial charge on any atom is -0.384 e. The van der Waals surface area contributed by atoms with Gasteiger partial charge in [-0.1, -0.05) is 19.8 Å². The van der Waals surface area contributed by atoms with Gasteiger partial charge in [-0.2, -0.15) is 5.26 Å². The summed E-state index contributed by atoms with van der Waals surface area (Å²) in [7, 11) is 0. The fourth-order valence-corrected chi connectivity index (χ4v) is 2.36. The van der Waals surface area contributed by atoms with Gasteiger partial charge < -0.3 is 5.32 Å². The quantitative estimate of drug-likeness (QED) is 0.866. The predicted octanol–water partition coefficient (Wildman–Crippen LogP) is 3.19. The van der Waals surface area contributed by atoms with Crippen molar-refractivity contribution in [1.29, 1.82) is 5.26 Å². The lowest BCUT2D eigenvalue weighted by atomic mass is 9.83. The minimum absolute atomic E-state index is 0.474. The molecule has 1 fully saturated rings. The molecule has 1 saturated carbocycles. The molecule has 1 N–H and O–H groups in total. The van der Waals surface area contributed by atoms with Crippen LogP contribution in [0.1, 0.15) is 38.3 Å². The molecule has 0 spiro atoms. The number of anilines is 1. The van der Waals surface area contributed by atoms with Crippen LogP contribution in [0.4, 0.5) is 5.69 Å². The second-order valence-electron chi connectivity index (χ2n) is 5.05. The highest BCUT2D eigenvalue weighted by Gasteiger charge is 2.17. The molecule has 1 aromatic heterocycles. The van der Waals surface area contributed by atoms with Crippen molar-refractivity contribution in [3.63, 3.8) is 0 Å². The van der Waals surface area contributed by atoms with Crippen molar-refractivity contribution in [2.75, 3.05) is 11.9 Å². The van der Waals surface area contributed by atoms with Gasteiger partial charge >= 0.3 is 0 Å². The van der Waals surface area contributed by atoms with Crippen molar-refractivity contribution < 1.29 is 0 Å². The number of nitrogens with one attached hydrogen (secondary N) is 1. The van der Waals surface area contributed by atoms with Gasteiger partial charge in [0.1, 0.15) is 11.8 Å². The molecule has 0 atom stereocenters. The molecular weight excluding hydrogens is 210 g/mol. The fraction of sp³-hybridized carbons (Fsp3) is 0.571. The maximum atomic E-state index is 8.65. The third-order valence-corrected chi connectivity index (χ3v) is 3.61. The molecule has 17 heavy (non-hydrogen) atoms. The van der Waals surface area contributed by atoms with E-state index in [0.717, 1.165) is 24.1 Å². The summed E-state index contributed by atoms with van der Waals surface area (Å²) in [5.74, 6) is 1.70. The van der Waals surface area contributed by atoms with Crippen LogP contribution in [-0.2, 0) is 0 Å². The van der Waals surface area contributed by atoms with Gasteiger partial charge in [0, 0.05) is 6.54 Å². The van der Waals surface area contributed by atoms with E-state index < -0.39 is 0 Å². The molecule has 1 aliphatic rings. The van der Waals surface area contributed by atoms with Crippen LogP contribution in [0, 0.1) is 23.2 Å². The smallest absolute Gasteiger partial charge is 0.140 e. The summed E-state index contributed by atoms with van der Waals surface area (Å²) in [5.41, 5.74) is 1.49. The van der Waals surface area contributed by atoms with Gasteiger partial charge in [-0.3, -0.25) is 0 Å². The minimum atomic E-state index is 0.474. The molecular formula is C14H19N3. The van der Waals surface area contributed by atoms with Crippen LogP contribution in [0.3, 0.4) is 0 Å². The molecule has 0 aliphatic heterocycles. The third kappa shape index (κ3) is 3.45. The summed E-state index contributed by atoms with van der Waals surface area (Å²) in [6.45, 7) is 3.37. The van der Waals surface area contributed by atoms with E-state index in [1.807, 2.05) is 12.1 Å². The van der Waals surface area contributed by atoms with Crippen molar-refractivity contribution in [1.82, 2.24) is 4.98 Å². The second kappa shape index (κ2) is 5.67. The van der Waals surface area contributed by atoms with Gasteiger partial charge in [0.15, 0.2) is 0 Å². The Morgan fingerprint density at radius 3 is 2.71 bits per heavy atom. The molecule has 1 heterocycles. The zero-order valence-electron chi connectivity index (χ0n) is 10.3. The van der Waals surface area contributed by atoms with Gasteiger partial charge in [0.25, 0.3) is 0 Å². The highest BCUT2D eigenvalue weighted by molar-refractivity contribution is 5.42. The Morgan fingerprint density at radius 2 is 2.12 bits per heavy atom. The summed E-state index contributed by atoms with van der Waals surface area (Å²) in [4.78, 5) is 4.05. The normalized spacial score (nSPS) is 24.0. The van der Waals surface area contributed by atoms with E-state index in [9.17, 15) is 0 Å². The number of hydrogen-bond acceptors (Lipinski definition) is 3. The first-order valence-electron chi connectivity index (χ1n) is 6.38. The molecule has 0 unspecified atom stereocenters. The summed E-state index contributed by atoms with van der Waals surface area (Å²) >= 11 is 0. The number of pyridine rings is 1. The average molecular weight is 229 g/mol. The summed E-state index contributed by atoms with van der Waals surface area (Å²) in [5, 5.41) is 12.1. The molecule has 0 radical (unpaired) electrons. The molecule has 0 amide bonds. The monoisotopic (exact) mass is 229 g/mol. The Hall–Kier alpha value is -1.56. The maximum Gasteiger partial charge on any atom is 0.140 e. The Kier molecular flexibility index (Phi) is 3.98. The van der Waals surface area contributed by atoms with Crippen molar-refractivity contribution in [2.24, 2.45) is 11.8 Å². The Balaban J connectivity index is 1.79. The highest BCUT2D eigenvalue weighted by Crippen LogP contribution is 2.28. The summed E-state index contributed by atoms with van der Waals surface area (Å²) < 4.78 is 0. The largest absolute Gasteiger partial charge is 0.384 e. The molecule has 3 nitrogen and oxygen atoms in total. The van der Waals surface area contributed by atoms with Crippen molar-refractivity contribution >= 4 is 5.69 Å². The van der Waals surface area contributed by atoms with Gasteiger partial charge in [-0.25, -0.2) is 4.98 Å². The third-order valence-electron chi connectivity index (χ3n) is 3.61. The first kappa shape index (κ1) is 11.9. The van der Waals surface area contributed by atoms with E-state index in [2.05, 4.69) is 17.2 Å². The Morgan fingerprint density at radius 1 is 1.35 bits per heavy atom. The number of aromatic nitrogens is 1. The standard InChI is InChI=1S/C14H19N3/c1-11-2-4-12(5-3-11)9-16-14-7-6-13(8-15)17-10-14/h6-7,10-12,16H,2-5,9H2,1H3. The van der Waals surface area contributed by atoms with Gasteiger partial charge in [0.2, 0.25) is 0 Å². The first-order chi connectivity index (χ1) is 8.28. The molecule has 1 aliphatic carbocycles. The highest BCUT2D eigenvalue weighted by atomic mass is 14.9. The lowest BCUT2D eigenvalue weighted by Gasteiger charge is -2.26. The van der Waals surface area contributed by atoms with Gasteiger partial charge in [0.05, 0.1) is 11.9 Å². The first-order valence-corrected chi connectivity index (χ1v) is 6.38. The number of rotatable bonds is 3. The van der Waals surface area contributed by atoms with E-state index in [1.165, 1.54) is 25.7 Å². The zero-order valence-corrected chi connectivity index (χ0v) is 10.3. The van der Waals surface area contributed by atoms with Crippen LogP contribution in [0.25, 0.3) is 0 Å². The molecule has 0 bridgehead atoms. The molecule has 2 rings (SSSR count). The van der Waals surface area contributed by atoms with E-state index >= 15 is 0 Å². The van der Waals surface area contributed by atoms with E-state index in [4.69, 9.17) is 5.26 Å². The Bertz CT molecular complexity index is 383. The zero-order chi connectivity index (χ0) is 12.1. The molecule has 90 valence electrons. The molecule has 0 saturated heterocycles. The van der Waals surface area contributed by atoms with E-state index in [0.29, 0.717) is 5.69 Å². The van der Waals surface area contributed by atoms with Crippen molar-refractivity contribution in [3.05, 3.63) is 24.0 Å². The second-order valence-corrected chi connectivity index (χ2v) is 5.05. The molecule has 1 aromatic rings. The van der Waals surface area contributed by atoms with Gasteiger partial charge in [-0.15, -0.1) is 0 Å². The van der Waals surface area contributed by atoms with Crippen LogP contribution in [0.5, 0.6) is 0 Å². The SMILES string of the molecule is CC1CCC(CNc2ccc(C#N)nc2)CC1.